The van der Waals surface area contributed by atoms with Crippen molar-refractivity contribution in [3.05, 3.63) is 53.8 Å². The molecule has 8 heteroatoms. The Balaban J connectivity index is 1.89. The molecule has 28 heavy (non-hydrogen) atoms. The number of carbonyl (C=O) groups excluding carboxylic acids is 1. The van der Waals surface area contributed by atoms with E-state index in [1.807, 2.05) is 0 Å². The van der Waals surface area contributed by atoms with E-state index in [1.54, 1.807) is 4.90 Å². The van der Waals surface area contributed by atoms with Crippen molar-refractivity contribution in [3.8, 4) is 5.75 Å². The van der Waals surface area contributed by atoms with Crippen LogP contribution in [0.15, 0.2) is 47.4 Å². The molecule has 0 spiro atoms. The van der Waals surface area contributed by atoms with Crippen LogP contribution < -0.4 is 9.46 Å². The van der Waals surface area contributed by atoms with Crippen LogP contribution in [0.1, 0.15) is 30.1 Å². The van der Waals surface area contributed by atoms with E-state index in [-0.39, 0.29) is 22.1 Å². The Morgan fingerprint density at radius 3 is 2.39 bits per heavy atom. The summed E-state index contributed by atoms with van der Waals surface area (Å²) in [5.41, 5.74) is 0.439. The molecule has 1 saturated heterocycles. The summed E-state index contributed by atoms with van der Waals surface area (Å²) in [6.07, 6.45) is 1.83. The first-order valence-electron chi connectivity index (χ1n) is 9.06. The normalized spacial score (nSPS) is 15.3. The van der Waals surface area contributed by atoms with Crippen molar-refractivity contribution in [1.29, 1.82) is 0 Å². The summed E-state index contributed by atoms with van der Waals surface area (Å²) < 4.78 is 46.1. The number of halogens is 1. The second kappa shape index (κ2) is 8.18. The maximum Gasteiger partial charge on any atom is 0.261 e. The van der Waals surface area contributed by atoms with Gasteiger partial charge in [0.2, 0.25) is 0 Å². The van der Waals surface area contributed by atoms with E-state index in [4.69, 9.17) is 4.74 Å². The van der Waals surface area contributed by atoms with Crippen LogP contribution in [0.5, 0.6) is 5.75 Å². The fourth-order valence-corrected chi connectivity index (χ4v) is 4.22. The molecule has 150 valence electrons. The molecule has 0 saturated carbocycles. The van der Waals surface area contributed by atoms with Gasteiger partial charge in [-0.2, -0.15) is 0 Å². The van der Waals surface area contributed by atoms with Gasteiger partial charge < -0.3 is 9.64 Å². The molecule has 2 aromatic rings. The predicted molar refractivity (Wildman–Crippen MR) is 105 cm³/mol. The highest BCUT2D eigenvalue weighted by Gasteiger charge is 2.26. The maximum atomic E-state index is 13.0. The number of sulfonamides is 1. The van der Waals surface area contributed by atoms with Crippen molar-refractivity contribution in [2.75, 3.05) is 24.9 Å². The SMILES string of the molecule is COc1ccc(S(=O)(=O)Nc2ccc(F)cc2)cc1C(=O)N1CCC(C)CC1. The summed E-state index contributed by atoms with van der Waals surface area (Å²) in [4.78, 5) is 14.6. The van der Waals surface area contributed by atoms with E-state index in [0.717, 1.165) is 25.0 Å². The number of ether oxygens (including phenoxy) is 1. The largest absolute Gasteiger partial charge is 0.496 e. The van der Waals surface area contributed by atoms with Gasteiger partial charge in [-0.3, -0.25) is 9.52 Å². The van der Waals surface area contributed by atoms with Crippen molar-refractivity contribution in [2.24, 2.45) is 5.92 Å². The first-order chi connectivity index (χ1) is 13.3. The summed E-state index contributed by atoms with van der Waals surface area (Å²) in [6.45, 7) is 3.42. The third-order valence-electron chi connectivity index (χ3n) is 4.88. The summed E-state index contributed by atoms with van der Waals surface area (Å²) in [6, 6.07) is 9.16. The van der Waals surface area contributed by atoms with E-state index in [1.165, 1.54) is 37.4 Å². The fraction of sp³-hybridized carbons (Fsp3) is 0.350. The molecular weight excluding hydrogens is 383 g/mol. The number of hydrogen-bond acceptors (Lipinski definition) is 4. The number of nitrogens with zero attached hydrogens (tertiary/aromatic N) is 1. The second-order valence-corrected chi connectivity index (χ2v) is 8.63. The van der Waals surface area contributed by atoms with Gasteiger partial charge in [0.1, 0.15) is 11.6 Å². The van der Waals surface area contributed by atoms with Gasteiger partial charge >= 0.3 is 0 Å². The zero-order valence-corrected chi connectivity index (χ0v) is 16.6. The molecule has 1 fully saturated rings. The van der Waals surface area contributed by atoms with E-state index in [0.29, 0.717) is 24.8 Å². The Labute approximate surface area is 164 Å². The minimum atomic E-state index is -3.95. The highest BCUT2D eigenvalue weighted by molar-refractivity contribution is 7.92. The minimum Gasteiger partial charge on any atom is -0.496 e. The molecule has 0 aliphatic carbocycles. The van der Waals surface area contributed by atoms with Gasteiger partial charge in [0.25, 0.3) is 15.9 Å². The van der Waals surface area contributed by atoms with Gasteiger partial charge in [0.15, 0.2) is 0 Å². The Kier molecular flexibility index (Phi) is 5.88. The Bertz CT molecular complexity index is 953. The molecule has 6 nitrogen and oxygen atoms in total. The number of rotatable bonds is 5. The third kappa shape index (κ3) is 4.44. The first-order valence-corrected chi connectivity index (χ1v) is 10.5. The van der Waals surface area contributed by atoms with Gasteiger partial charge in [-0.15, -0.1) is 0 Å². The molecule has 0 radical (unpaired) electrons. The van der Waals surface area contributed by atoms with Crippen LogP contribution in [0.2, 0.25) is 0 Å². The minimum absolute atomic E-state index is 0.0636. The molecule has 0 atom stereocenters. The Hall–Kier alpha value is -2.61. The highest BCUT2D eigenvalue weighted by atomic mass is 32.2. The van der Waals surface area contributed by atoms with Crippen LogP contribution in [0.3, 0.4) is 0 Å². The number of nitrogens with one attached hydrogen (secondary N) is 1. The summed E-state index contributed by atoms with van der Waals surface area (Å²) in [7, 11) is -2.51. The number of likely N-dealkylation sites (tertiary alicyclic amines) is 1. The average molecular weight is 406 g/mol. The van der Waals surface area contributed by atoms with Crippen LogP contribution in [-0.2, 0) is 10.0 Å². The Morgan fingerprint density at radius 2 is 1.79 bits per heavy atom. The van der Waals surface area contributed by atoms with Crippen molar-refractivity contribution < 1.29 is 22.3 Å². The van der Waals surface area contributed by atoms with E-state index in [9.17, 15) is 17.6 Å². The number of benzene rings is 2. The van der Waals surface area contributed by atoms with Gasteiger partial charge in [-0.05, 0) is 61.2 Å². The molecule has 0 bridgehead atoms. The topological polar surface area (TPSA) is 75.7 Å². The Morgan fingerprint density at radius 1 is 1.14 bits per heavy atom. The van der Waals surface area contributed by atoms with E-state index < -0.39 is 15.8 Å². The summed E-state index contributed by atoms with van der Waals surface area (Å²) >= 11 is 0. The third-order valence-corrected chi connectivity index (χ3v) is 6.26. The van der Waals surface area contributed by atoms with E-state index >= 15 is 0 Å². The van der Waals surface area contributed by atoms with Gasteiger partial charge in [0.05, 0.1) is 17.6 Å². The molecule has 1 N–H and O–H groups in total. The van der Waals surface area contributed by atoms with Crippen LogP contribution >= 0.6 is 0 Å². The van der Waals surface area contributed by atoms with Crippen molar-refractivity contribution in [1.82, 2.24) is 4.90 Å². The smallest absolute Gasteiger partial charge is 0.261 e. The average Bonchev–Trinajstić information content (AvgIpc) is 2.69. The maximum absolute atomic E-state index is 13.0. The van der Waals surface area contributed by atoms with Crippen LogP contribution in [0.25, 0.3) is 0 Å². The molecule has 0 aromatic heterocycles. The number of hydrogen-bond donors (Lipinski definition) is 1. The molecule has 1 aliphatic rings. The zero-order chi connectivity index (χ0) is 20.3. The number of carbonyl (C=O) groups is 1. The van der Waals surface area contributed by atoms with Gasteiger partial charge in [0, 0.05) is 18.8 Å². The molecule has 1 aliphatic heterocycles. The quantitative estimate of drug-likeness (QED) is 0.825. The molecule has 1 amide bonds. The first kappa shape index (κ1) is 20.1. The van der Waals surface area contributed by atoms with Crippen molar-refractivity contribution in [2.45, 2.75) is 24.7 Å². The number of amides is 1. The molecule has 2 aromatic carbocycles. The lowest BCUT2D eigenvalue weighted by molar-refractivity contribution is 0.0693. The fourth-order valence-electron chi connectivity index (χ4n) is 3.14. The van der Waals surface area contributed by atoms with Crippen molar-refractivity contribution in [3.63, 3.8) is 0 Å². The van der Waals surface area contributed by atoms with Crippen LogP contribution in [0.4, 0.5) is 10.1 Å². The monoisotopic (exact) mass is 406 g/mol. The molecule has 1 heterocycles. The predicted octanol–water partition coefficient (Wildman–Crippen LogP) is 3.51. The van der Waals surface area contributed by atoms with Crippen molar-refractivity contribution >= 4 is 21.6 Å². The molecular formula is C20H23FN2O4S. The van der Waals surface area contributed by atoms with Crippen LogP contribution in [0, 0.1) is 11.7 Å². The van der Waals surface area contributed by atoms with Gasteiger partial charge in [-0.25, -0.2) is 12.8 Å². The summed E-state index contributed by atoms with van der Waals surface area (Å²) in [5, 5.41) is 0. The lowest BCUT2D eigenvalue weighted by atomic mass is 9.98. The molecule has 0 unspecified atom stereocenters. The standard InChI is InChI=1S/C20H23FN2O4S/c1-14-9-11-23(12-10-14)20(24)18-13-17(7-8-19(18)27-2)28(25,26)22-16-5-3-15(21)4-6-16/h3-8,13-14,22H,9-12H2,1-2H3. The van der Waals surface area contributed by atoms with Gasteiger partial charge in [-0.1, -0.05) is 6.92 Å². The van der Waals surface area contributed by atoms with E-state index in [2.05, 4.69) is 11.6 Å². The number of anilines is 1. The molecule has 3 rings (SSSR count). The number of methoxy groups -OCH3 is 1. The zero-order valence-electron chi connectivity index (χ0n) is 15.8. The lowest BCUT2D eigenvalue weighted by Crippen LogP contribution is -2.38. The number of piperidine rings is 1. The lowest BCUT2D eigenvalue weighted by Gasteiger charge is -2.30. The summed E-state index contributed by atoms with van der Waals surface area (Å²) in [5.74, 6) is 0.181. The highest BCUT2D eigenvalue weighted by Crippen LogP contribution is 2.27. The van der Waals surface area contributed by atoms with Crippen LogP contribution in [-0.4, -0.2) is 39.4 Å². The second-order valence-electron chi connectivity index (χ2n) is 6.95.